The molecular weight excluding hydrogens is 502 g/mol. The average Bonchev–Trinajstić information content (AvgIpc) is 2.43. The number of fused-ring (bicyclic) bond motifs is 2. The van der Waals surface area contributed by atoms with E-state index in [0.717, 1.165) is 0 Å². The zero-order valence-corrected chi connectivity index (χ0v) is 14.5. The number of hydrogen-bond acceptors (Lipinski definition) is 5. The Labute approximate surface area is 146 Å². The molecule has 0 atom stereocenters. The molecule has 0 spiro atoms. The quantitative estimate of drug-likeness (QED) is 0.336. The van der Waals surface area contributed by atoms with Crippen LogP contribution in [0.1, 0.15) is 20.7 Å². The molecule has 0 fully saturated rings. The van der Waals surface area contributed by atoms with E-state index in [0.29, 0.717) is 3.57 Å². The molecule has 3 rings (SSSR count). The molecule has 0 radical (unpaired) electrons. The van der Waals surface area contributed by atoms with E-state index >= 15 is 0 Å². The number of carbonyl (C=O) groups excluding carboxylic acids is 2. The van der Waals surface area contributed by atoms with Gasteiger partial charge in [-0.05, 0) is 63.4 Å². The minimum absolute atomic E-state index is 0.0181. The highest BCUT2D eigenvalue weighted by atomic mass is 127. The van der Waals surface area contributed by atoms with Gasteiger partial charge in [-0.25, -0.2) is 9.59 Å². The van der Waals surface area contributed by atoms with Crippen LogP contribution >= 0.6 is 45.2 Å². The van der Waals surface area contributed by atoms with E-state index in [4.69, 9.17) is 9.47 Å². The molecule has 106 valence electrons. The van der Waals surface area contributed by atoms with Gasteiger partial charge < -0.3 is 14.6 Å². The molecule has 1 N–H and O–H groups in total. The fraction of sp³-hybridized carbons (Fsp3) is 0. The maximum absolute atomic E-state index is 12.3. The third-order valence-electron chi connectivity index (χ3n) is 2.86. The molecule has 2 aromatic rings. The first-order valence-electron chi connectivity index (χ1n) is 5.73. The molecule has 0 bridgehead atoms. The van der Waals surface area contributed by atoms with Crippen LogP contribution in [0.25, 0.3) is 0 Å². The van der Waals surface area contributed by atoms with Crippen LogP contribution in [0.3, 0.4) is 0 Å². The van der Waals surface area contributed by atoms with Crippen molar-refractivity contribution >= 4 is 57.1 Å². The van der Waals surface area contributed by atoms with E-state index in [9.17, 15) is 14.7 Å². The lowest BCUT2D eigenvalue weighted by Crippen LogP contribution is -2.22. The number of phenols is 1. The van der Waals surface area contributed by atoms with Crippen molar-refractivity contribution in [1.82, 2.24) is 0 Å². The van der Waals surface area contributed by atoms with Crippen molar-refractivity contribution in [3.05, 3.63) is 48.6 Å². The minimum Gasteiger partial charge on any atom is -0.507 e. The lowest BCUT2D eigenvalue weighted by molar-refractivity contribution is 0.0666. The smallest absolute Gasteiger partial charge is 0.348 e. The average molecular weight is 508 g/mol. The number of aromatic hydroxyl groups is 1. The Morgan fingerprint density at radius 3 is 2.48 bits per heavy atom. The van der Waals surface area contributed by atoms with E-state index in [1.165, 1.54) is 18.2 Å². The third kappa shape index (κ3) is 2.48. The number of halogens is 2. The Hall–Kier alpha value is -1.36. The Morgan fingerprint density at radius 1 is 1.00 bits per heavy atom. The Balaban J connectivity index is 2.25. The molecule has 0 amide bonds. The second-order valence-corrected chi connectivity index (χ2v) is 6.41. The van der Waals surface area contributed by atoms with E-state index < -0.39 is 11.9 Å². The largest absolute Gasteiger partial charge is 0.507 e. The molecule has 0 unspecified atom stereocenters. The molecule has 21 heavy (non-hydrogen) atoms. The van der Waals surface area contributed by atoms with E-state index in [2.05, 4.69) is 0 Å². The van der Waals surface area contributed by atoms with Crippen molar-refractivity contribution in [2.24, 2.45) is 0 Å². The number of para-hydroxylation sites is 1. The molecule has 0 saturated heterocycles. The Bertz CT molecular complexity index is 785. The fourth-order valence-corrected chi connectivity index (χ4v) is 3.19. The summed E-state index contributed by atoms with van der Waals surface area (Å²) < 4.78 is 11.3. The van der Waals surface area contributed by atoms with Gasteiger partial charge >= 0.3 is 11.9 Å². The zero-order chi connectivity index (χ0) is 15.1. The molecule has 1 aliphatic rings. The molecule has 1 aliphatic heterocycles. The normalized spacial score (nSPS) is 13.4. The van der Waals surface area contributed by atoms with Crippen LogP contribution in [-0.4, -0.2) is 17.0 Å². The summed E-state index contributed by atoms with van der Waals surface area (Å²) in [7, 11) is 0. The maximum atomic E-state index is 12.3. The molecule has 1 heterocycles. The first kappa shape index (κ1) is 14.6. The molecule has 5 nitrogen and oxygen atoms in total. The Morgan fingerprint density at radius 2 is 1.71 bits per heavy atom. The van der Waals surface area contributed by atoms with Gasteiger partial charge in [0.25, 0.3) is 0 Å². The lowest BCUT2D eigenvalue weighted by Gasteiger charge is -2.18. The van der Waals surface area contributed by atoms with E-state index in [-0.39, 0.29) is 31.9 Å². The monoisotopic (exact) mass is 508 g/mol. The van der Waals surface area contributed by atoms with Gasteiger partial charge in [-0.15, -0.1) is 0 Å². The number of carbonyl (C=O) groups is 2. The summed E-state index contributed by atoms with van der Waals surface area (Å²) in [6.07, 6.45) is 0. The summed E-state index contributed by atoms with van der Waals surface area (Å²) >= 11 is 3.70. The predicted octanol–water partition coefficient (Wildman–Crippen LogP) is 3.35. The van der Waals surface area contributed by atoms with Crippen molar-refractivity contribution in [3.63, 3.8) is 0 Å². The van der Waals surface area contributed by atoms with Crippen molar-refractivity contribution in [3.8, 4) is 17.2 Å². The fourth-order valence-electron chi connectivity index (χ4n) is 1.90. The highest BCUT2D eigenvalue weighted by molar-refractivity contribution is 14.1. The van der Waals surface area contributed by atoms with Crippen molar-refractivity contribution in [2.45, 2.75) is 0 Å². The zero-order valence-electron chi connectivity index (χ0n) is 10.2. The van der Waals surface area contributed by atoms with Crippen molar-refractivity contribution in [2.75, 3.05) is 0 Å². The summed E-state index contributed by atoms with van der Waals surface area (Å²) in [5, 5.41) is 9.83. The minimum atomic E-state index is -0.640. The second-order valence-electron chi connectivity index (χ2n) is 4.17. The van der Waals surface area contributed by atoms with Gasteiger partial charge in [-0.2, -0.15) is 0 Å². The first-order valence-corrected chi connectivity index (χ1v) is 7.89. The number of esters is 2. The molecule has 7 heteroatoms. The number of rotatable bonds is 0. The number of phenolic OH excluding ortho intramolecular Hbond substituents is 1. The van der Waals surface area contributed by atoms with Crippen LogP contribution in [0.4, 0.5) is 0 Å². The highest BCUT2D eigenvalue weighted by Gasteiger charge is 2.30. The third-order valence-corrected chi connectivity index (χ3v) is 4.76. The predicted molar refractivity (Wildman–Crippen MR) is 89.9 cm³/mol. The first-order chi connectivity index (χ1) is 9.99. The summed E-state index contributed by atoms with van der Waals surface area (Å²) in [6, 6.07) is 7.76. The van der Waals surface area contributed by atoms with Crippen LogP contribution in [0.2, 0.25) is 0 Å². The molecule has 2 aromatic carbocycles. The highest BCUT2D eigenvalue weighted by Crippen LogP contribution is 2.39. The summed E-state index contributed by atoms with van der Waals surface area (Å²) in [5.74, 6) is -1.17. The maximum Gasteiger partial charge on any atom is 0.348 e. The number of hydrogen-bond donors (Lipinski definition) is 1. The summed E-state index contributed by atoms with van der Waals surface area (Å²) in [5.41, 5.74) is 0.284. The van der Waals surface area contributed by atoms with Gasteiger partial charge in [0.2, 0.25) is 0 Å². The van der Waals surface area contributed by atoms with Gasteiger partial charge in [0.05, 0.1) is 3.57 Å². The molecule has 0 saturated carbocycles. The van der Waals surface area contributed by atoms with Crippen LogP contribution in [0, 0.1) is 7.14 Å². The number of benzene rings is 2. The summed E-state index contributed by atoms with van der Waals surface area (Å²) in [4.78, 5) is 24.5. The van der Waals surface area contributed by atoms with Gasteiger partial charge in [0, 0.05) is 3.57 Å². The lowest BCUT2D eigenvalue weighted by atomic mass is 10.1. The van der Waals surface area contributed by atoms with Gasteiger partial charge in [0.15, 0.2) is 5.75 Å². The topological polar surface area (TPSA) is 72.8 Å². The SMILES string of the molecule is O=C1Oc2c(I)c(O)cc(I)c2C(=O)Oc2ccccc21. The van der Waals surface area contributed by atoms with Gasteiger partial charge in [-0.1, -0.05) is 12.1 Å². The second kappa shape index (κ2) is 5.44. The Kier molecular flexibility index (Phi) is 3.78. The van der Waals surface area contributed by atoms with Crippen LogP contribution in [-0.2, 0) is 0 Å². The van der Waals surface area contributed by atoms with E-state index in [1.807, 2.05) is 45.2 Å². The van der Waals surface area contributed by atoms with E-state index in [1.54, 1.807) is 12.1 Å². The van der Waals surface area contributed by atoms with Crippen molar-refractivity contribution < 1.29 is 24.2 Å². The van der Waals surface area contributed by atoms with Gasteiger partial charge in [0.1, 0.15) is 22.6 Å². The van der Waals surface area contributed by atoms with Crippen molar-refractivity contribution in [1.29, 1.82) is 0 Å². The standard InChI is InChI=1S/C14H6I2O5/c15-7-5-8(17)11(16)12-10(7)14(19)20-9-4-2-1-3-6(9)13(18)21-12/h1-5,17H. The van der Waals surface area contributed by atoms with Crippen LogP contribution in [0.5, 0.6) is 17.2 Å². The number of ether oxygens (including phenoxy) is 2. The summed E-state index contributed by atoms with van der Waals surface area (Å²) in [6.45, 7) is 0. The molecular formula is C14H6I2O5. The van der Waals surface area contributed by atoms with Crippen LogP contribution in [0.15, 0.2) is 30.3 Å². The van der Waals surface area contributed by atoms with Crippen LogP contribution < -0.4 is 9.47 Å². The molecule has 0 aliphatic carbocycles. The van der Waals surface area contributed by atoms with Gasteiger partial charge in [-0.3, -0.25) is 0 Å². The molecule has 0 aromatic heterocycles.